The van der Waals surface area contributed by atoms with Crippen LogP contribution in [0.4, 0.5) is 0 Å². The first kappa shape index (κ1) is 17.6. The number of aliphatic carboxylic acids is 1. The Labute approximate surface area is 132 Å². The molecule has 21 heavy (non-hydrogen) atoms. The molecule has 0 aromatic heterocycles. The van der Waals surface area contributed by atoms with E-state index in [1.54, 1.807) is 13.8 Å². The molecule has 0 unspecified atom stereocenters. The van der Waals surface area contributed by atoms with E-state index in [4.69, 9.17) is 10.4 Å². The number of benzene rings is 1. The van der Waals surface area contributed by atoms with Crippen LogP contribution in [-0.4, -0.2) is 25.0 Å². The van der Waals surface area contributed by atoms with Crippen molar-refractivity contribution in [3.63, 3.8) is 0 Å². The van der Waals surface area contributed by atoms with E-state index >= 15 is 0 Å². The van der Waals surface area contributed by atoms with Gasteiger partial charge < -0.3 is 5.11 Å². The molecular formula is C13H15BrN2O4S. The highest BCUT2D eigenvalue weighted by Gasteiger charge is 2.27. The molecule has 0 atom stereocenters. The first-order valence-corrected chi connectivity index (χ1v) is 8.30. The van der Waals surface area contributed by atoms with E-state index in [0.717, 1.165) is 0 Å². The third kappa shape index (κ3) is 5.12. The van der Waals surface area contributed by atoms with Crippen molar-refractivity contribution in [1.29, 1.82) is 5.26 Å². The topological polar surface area (TPSA) is 107 Å². The molecule has 0 aliphatic heterocycles. The zero-order valence-electron chi connectivity index (χ0n) is 11.6. The Morgan fingerprint density at radius 3 is 2.57 bits per heavy atom. The van der Waals surface area contributed by atoms with E-state index in [9.17, 15) is 13.2 Å². The Bertz CT molecular complexity index is 693. The molecule has 1 aromatic rings. The van der Waals surface area contributed by atoms with Crippen LogP contribution in [-0.2, 0) is 14.8 Å². The summed E-state index contributed by atoms with van der Waals surface area (Å²) in [6.45, 7) is 3.23. The molecule has 0 saturated heterocycles. The van der Waals surface area contributed by atoms with Gasteiger partial charge in [0.1, 0.15) is 6.07 Å². The second-order valence-corrected chi connectivity index (χ2v) is 7.67. The smallest absolute Gasteiger partial charge is 0.303 e. The first-order chi connectivity index (χ1) is 9.57. The number of carbonyl (C=O) groups is 1. The van der Waals surface area contributed by atoms with Crippen LogP contribution in [0.1, 0.15) is 32.3 Å². The molecule has 1 aromatic carbocycles. The summed E-state index contributed by atoms with van der Waals surface area (Å²) in [6.07, 6.45) is 0.0333. The summed E-state index contributed by atoms with van der Waals surface area (Å²) >= 11 is 3.14. The molecule has 0 saturated carbocycles. The molecule has 0 spiro atoms. The average molecular weight is 375 g/mol. The van der Waals surface area contributed by atoms with Gasteiger partial charge in [-0.25, -0.2) is 13.1 Å². The highest BCUT2D eigenvalue weighted by atomic mass is 79.9. The molecule has 0 amide bonds. The number of nitrogens with zero attached hydrogens (tertiary/aromatic N) is 1. The third-order valence-corrected chi connectivity index (χ3v) is 5.10. The molecule has 0 aliphatic rings. The summed E-state index contributed by atoms with van der Waals surface area (Å²) in [6, 6.07) is 6.01. The number of halogens is 1. The molecule has 1 rings (SSSR count). The van der Waals surface area contributed by atoms with Crippen molar-refractivity contribution < 1.29 is 18.3 Å². The summed E-state index contributed by atoms with van der Waals surface area (Å²) in [4.78, 5) is 10.6. The number of rotatable bonds is 6. The SMILES string of the molecule is CC(C)(CCC(=O)O)NS(=O)(=O)c1ccc(C#N)c(Br)c1. The maximum Gasteiger partial charge on any atom is 0.303 e. The van der Waals surface area contributed by atoms with Crippen LogP contribution in [0, 0.1) is 11.3 Å². The summed E-state index contributed by atoms with van der Waals surface area (Å²) in [5, 5.41) is 17.5. The lowest BCUT2D eigenvalue weighted by atomic mass is 10.0. The second-order valence-electron chi connectivity index (χ2n) is 5.14. The molecule has 0 heterocycles. The van der Waals surface area contributed by atoms with Crippen LogP contribution in [0.2, 0.25) is 0 Å². The van der Waals surface area contributed by atoms with Gasteiger partial charge in [0.15, 0.2) is 0 Å². The molecule has 0 aliphatic carbocycles. The molecule has 2 N–H and O–H groups in total. The fourth-order valence-corrected chi connectivity index (χ4v) is 3.73. The largest absolute Gasteiger partial charge is 0.481 e. The number of carboxylic acids is 1. The van der Waals surface area contributed by atoms with E-state index in [1.165, 1.54) is 18.2 Å². The number of nitriles is 1. The number of hydrogen-bond acceptors (Lipinski definition) is 4. The quantitative estimate of drug-likeness (QED) is 0.793. The summed E-state index contributed by atoms with van der Waals surface area (Å²) in [5.74, 6) is -0.983. The van der Waals surface area contributed by atoms with Crippen molar-refractivity contribution in [1.82, 2.24) is 4.72 Å². The van der Waals surface area contributed by atoms with E-state index in [-0.39, 0.29) is 17.7 Å². The van der Waals surface area contributed by atoms with Crippen molar-refractivity contribution >= 4 is 31.9 Å². The summed E-state index contributed by atoms with van der Waals surface area (Å²) in [5.41, 5.74) is -0.559. The highest BCUT2D eigenvalue weighted by Crippen LogP contribution is 2.22. The van der Waals surface area contributed by atoms with Gasteiger partial charge in [-0.3, -0.25) is 4.79 Å². The Morgan fingerprint density at radius 2 is 2.10 bits per heavy atom. The zero-order chi connectivity index (χ0) is 16.3. The number of hydrogen-bond donors (Lipinski definition) is 2. The number of carboxylic acid groups (broad SMARTS) is 1. The van der Waals surface area contributed by atoms with E-state index in [1.807, 2.05) is 6.07 Å². The van der Waals surface area contributed by atoms with Crippen molar-refractivity contribution in [3.8, 4) is 6.07 Å². The van der Waals surface area contributed by atoms with Gasteiger partial charge in [-0.1, -0.05) is 0 Å². The lowest BCUT2D eigenvalue weighted by molar-refractivity contribution is -0.137. The summed E-state index contributed by atoms with van der Waals surface area (Å²) in [7, 11) is -3.80. The second kappa shape index (κ2) is 6.56. The normalized spacial score (nSPS) is 11.9. The third-order valence-electron chi connectivity index (χ3n) is 2.75. The van der Waals surface area contributed by atoms with Crippen molar-refractivity contribution in [2.75, 3.05) is 0 Å². The van der Waals surface area contributed by atoms with Crippen molar-refractivity contribution in [3.05, 3.63) is 28.2 Å². The van der Waals surface area contributed by atoms with E-state index < -0.39 is 21.5 Å². The predicted molar refractivity (Wildman–Crippen MR) is 80.1 cm³/mol. The minimum atomic E-state index is -3.80. The maximum atomic E-state index is 12.3. The van der Waals surface area contributed by atoms with Crippen molar-refractivity contribution in [2.45, 2.75) is 37.1 Å². The van der Waals surface area contributed by atoms with Gasteiger partial charge in [-0.15, -0.1) is 0 Å². The van der Waals surface area contributed by atoms with E-state index in [2.05, 4.69) is 20.7 Å². The summed E-state index contributed by atoms with van der Waals surface area (Å²) < 4.78 is 27.4. The van der Waals surface area contributed by atoms with Gasteiger partial charge in [0.25, 0.3) is 0 Å². The molecule has 0 fully saturated rings. The Morgan fingerprint density at radius 1 is 1.48 bits per heavy atom. The molecule has 8 heteroatoms. The standard InChI is InChI=1S/C13H15BrN2O4S/c1-13(2,6-5-12(17)18)16-21(19,20)10-4-3-9(8-15)11(14)7-10/h3-4,7,16H,5-6H2,1-2H3,(H,17,18). The monoisotopic (exact) mass is 374 g/mol. The van der Waals surface area contributed by atoms with Gasteiger partial charge in [0.05, 0.1) is 10.5 Å². The predicted octanol–water partition coefficient (Wildman–Crippen LogP) is 2.24. The maximum absolute atomic E-state index is 12.3. The van der Waals surface area contributed by atoms with Crippen LogP contribution >= 0.6 is 15.9 Å². The first-order valence-electron chi connectivity index (χ1n) is 6.03. The van der Waals surface area contributed by atoms with Crippen LogP contribution in [0.15, 0.2) is 27.6 Å². The number of nitrogens with one attached hydrogen (secondary N) is 1. The molecule has 114 valence electrons. The van der Waals surface area contributed by atoms with Crippen LogP contribution < -0.4 is 4.72 Å². The molecular weight excluding hydrogens is 360 g/mol. The minimum Gasteiger partial charge on any atom is -0.481 e. The molecule has 0 bridgehead atoms. The van der Waals surface area contributed by atoms with Gasteiger partial charge in [0, 0.05) is 16.4 Å². The number of sulfonamides is 1. The Kier molecular flexibility index (Phi) is 5.50. The average Bonchev–Trinajstić information content (AvgIpc) is 2.35. The molecule has 0 radical (unpaired) electrons. The Balaban J connectivity index is 2.99. The van der Waals surface area contributed by atoms with Gasteiger partial charge in [-0.2, -0.15) is 5.26 Å². The van der Waals surface area contributed by atoms with Crippen LogP contribution in [0.3, 0.4) is 0 Å². The van der Waals surface area contributed by atoms with Crippen molar-refractivity contribution in [2.24, 2.45) is 0 Å². The minimum absolute atomic E-state index is 0.0109. The molecule has 6 nitrogen and oxygen atoms in total. The van der Waals surface area contributed by atoms with Gasteiger partial charge in [0.2, 0.25) is 10.0 Å². The highest BCUT2D eigenvalue weighted by molar-refractivity contribution is 9.10. The van der Waals surface area contributed by atoms with E-state index in [0.29, 0.717) is 10.0 Å². The lowest BCUT2D eigenvalue weighted by Gasteiger charge is -2.25. The fraction of sp³-hybridized carbons (Fsp3) is 0.385. The fourth-order valence-electron chi connectivity index (χ4n) is 1.65. The van der Waals surface area contributed by atoms with Crippen LogP contribution in [0.5, 0.6) is 0 Å². The zero-order valence-corrected chi connectivity index (χ0v) is 14.0. The van der Waals surface area contributed by atoms with Crippen LogP contribution in [0.25, 0.3) is 0 Å². The lowest BCUT2D eigenvalue weighted by Crippen LogP contribution is -2.43. The van der Waals surface area contributed by atoms with Gasteiger partial charge in [-0.05, 0) is 54.4 Å². The Hall–Kier alpha value is -1.43. The van der Waals surface area contributed by atoms with Gasteiger partial charge >= 0.3 is 5.97 Å².